The molecule has 0 saturated heterocycles. The Balaban J connectivity index is 2.03. The molecule has 29 heavy (non-hydrogen) atoms. The summed E-state index contributed by atoms with van der Waals surface area (Å²) in [6.07, 6.45) is 0. The molecule has 5 nitrogen and oxygen atoms in total. The van der Waals surface area contributed by atoms with Gasteiger partial charge in [0.05, 0.1) is 6.54 Å². The zero-order chi connectivity index (χ0) is 21.4. The van der Waals surface area contributed by atoms with Crippen LogP contribution in [0.25, 0.3) is 0 Å². The molecule has 156 valence electrons. The number of benzene rings is 2. The van der Waals surface area contributed by atoms with E-state index in [0.29, 0.717) is 12.1 Å². The fraction of sp³-hybridized carbons (Fsp3) is 0.417. The first kappa shape index (κ1) is 22.5. The maximum absolute atomic E-state index is 12.0. The number of aryl methyl sites for hydroxylation is 1. The summed E-state index contributed by atoms with van der Waals surface area (Å²) >= 11 is 0. The van der Waals surface area contributed by atoms with Crippen molar-refractivity contribution in [3.8, 4) is 0 Å². The van der Waals surface area contributed by atoms with Crippen LogP contribution in [0.4, 0.5) is 0 Å². The molecule has 5 heteroatoms. The van der Waals surface area contributed by atoms with E-state index < -0.39 is 0 Å². The number of hydrogen-bond acceptors (Lipinski definition) is 2. The highest BCUT2D eigenvalue weighted by Crippen LogP contribution is 2.23. The van der Waals surface area contributed by atoms with Crippen molar-refractivity contribution in [1.29, 1.82) is 0 Å². The van der Waals surface area contributed by atoms with Gasteiger partial charge in [-0.3, -0.25) is 4.79 Å². The summed E-state index contributed by atoms with van der Waals surface area (Å²) in [5.41, 5.74) is 4.31. The molecule has 2 rings (SSSR count). The van der Waals surface area contributed by atoms with Crippen molar-refractivity contribution < 1.29 is 4.79 Å². The lowest BCUT2D eigenvalue weighted by molar-refractivity contribution is 0.0827. The number of guanidine groups is 1. The Morgan fingerprint density at radius 2 is 1.76 bits per heavy atom. The van der Waals surface area contributed by atoms with Gasteiger partial charge in [-0.2, -0.15) is 0 Å². The number of nitrogens with zero attached hydrogens (tertiary/aromatic N) is 2. The Morgan fingerprint density at radius 1 is 1.07 bits per heavy atom. The van der Waals surface area contributed by atoms with Gasteiger partial charge in [0, 0.05) is 38.2 Å². The minimum atomic E-state index is -0.0175. The number of hydrogen-bond donors (Lipinski definition) is 2. The number of nitrogens with one attached hydrogen (secondary N) is 2. The Hall–Kier alpha value is -2.82. The minimum Gasteiger partial charge on any atom is -0.357 e. The summed E-state index contributed by atoms with van der Waals surface area (Å²) in [5.74, 6) is 0.801. The van der Waals surface area contributed by atoms with Crippen LogP contribution < -0.4 is 10.6 Å². The Morgan fingerprint density at radius 3 is 2.34 bits per heavy atom. The van der Waals surface area contributed by atoms with Crippen molar-refractivity contribution in [1.82, 2.24) is 15.5 Å². The van der Waals surface area contributed by atoms with Gasteiger partial charge < -0.3 is 15.5 Å². The molecule has 0 fully saturated rings. The van der Waals surface area contributed by atoms with Crippen LogP contribution in [-0.4, -0.2) is 44.0 Å². The lowest BCUT2D eigenvalue weighted by Gasteiger charge is -2.27. The van der Waals surface area contributed by atoms with E-state index in [1.165, 1.54) is 11.1 Å². The summed E-state index contributed by atoms with van der Waals surface area (Å²) in [6.45, 7) is 10.8. The van der Waals surface area contributed by atoms with Crippen LogP contribution in [0, 0.1) is 6.92 Å². The molecule has 1 amide bonds. The van der Waals surface area contributed by atoms with Gasteiger partial charge in [-0.15, -0.1) is 0 Å². The van der Waals surface area contributed by atoms with Crippen molar-refractivity contribution in [2.24, 2.45) is 4.99 Å². The highest BCUT2D eigenvalue weighted by atomic mass is 16.2. The van der Waals surface area contributed by atoms with Crippen LogP contribution in [0.5, 0.6) is 0 Å². The van der Waals surface area contributed by atoms with Crippen LogP contribution >= 0.6 is 0 Å². The van der Waals surface area contributed by atoms with Gasteiger partial charge in [0.15, 0.2) is 5.96 Å². The largest absolute Gasteiger partial charge is 0.357 e. The van der Waals surface area contributed by atoms with E-state index >= 15 is 0 Å². The summed E-state index contributed by atoms with van der Waals surface area (Å²) in [4.78, 5) is 18.3. The first-order chi connectivity index (χ1) is 13.7. The summed E-state index contributed by atoms with van der Waals surface area (Å²) < 4.78 is 0. The van der Waals surface area contributed by atoms with Crippen molar-refractivity contribution in [2.45, 2.75) is 39.7 Å². The lowest BCUT2D eigenvalue weighted by atomic mass is 9.84. The SMILES string of the molecule is CCNC(=NCc1ccc(C(=O)N(C)C)cc1)NCC(C)(C)c1cccc(C)c1. The van der Waals surface area contributed by atoms with E-state index in [1.807, 2.05) is 24.3 Å². The lowest BCUT2D eigenvalue weighted by Crippen LogP contribution is -2.43. The normalized spacial score (nSPS) is 11.9. The molecular formula is C24H34N4O. The summed E-state index contributed by atoms with van der Waals surface area (Å²) in [5, 5.41) is 6.78. The smallest absolute Gasteiger partial charge is 0.253 e. The number of rotatable bonds is 7. The number of carbonyl (C=O) groups excluding carboxylic acids is 1. The van der Waals surface area contributed by atoms with Gasteiger partial charge >= 0.3 is 0 Å². The molecule has 0 radical (unpaired) electrons. The third-order valence-electron chi connectivity index (χ3n) is 4.87. The van der Waals surface area contributed by atoms with Crippen LogP contribution in [0.15, 0.2) is 53.5 Å². The minimum absolute atomic E-state index is 0.00781. The summed E-state index contributed by atoms with van der Waals surface area (Å²) in [7, 11) is 3.51. The fourth-order valence-corrected chi connectivity index (χ4v) is 3.00. The maximum atomic E-state index is 12.0. The Kier molecular flexibility index (Phi) is 7.82. The van der Waals surface area contributed by atoms with Crippen LogP contribution in [0.3, 0.4) is 0 Å². The summed E-state index contributed by atoms with van der Waals surface area (Å²) in [6, 6.07) is 16.3. The third kappa shape index (κ3) is 6.63. The van der Waals surface area contributed by atoms with E-state index in [1.54, 1.807) is 19.0 Å². The predicted molar refractivity (Wildman–Crippen MR) is 121 cm³/mol. The standard InChI is InChI=1S/C24H34N4O/c1-7-25-23(27-17-24(3,4)21-10-8-9-18(2)15-21)26-16-19-11-13-20(14-12-19)22(29)28(5)6/h8-15H,7,16-17H2,1-6H3,(H2,25,26,27). The molecule has 0 aliphatic rings. The molecule has 0 aliphatic carbocycles. The number of amides is 1. The Labute approximate surface area is 175 Å². The van der Waals surface area contributed by atoms with Gasteiger partial charge in [-0.1, -0.05) is 55.8 Å². The van der Waals surface area contributed by atoms with Gasteiger partial charge in [0.2, 0.25) is 0 Å². The molecule has 0 aliphatic heterocycles. The van der Waals surface area contributed by atoms with Crippen molar-refractivity contribution >= 4 is 11.9 Å². The predicted octanol–water partition coefficient (Wildman–Crippen LogP) is 3.73. The monoisotopic (exact) mass is 394 g/mol. The molecule has 2 N–H and O–H groups in total. The average molecular weight is 395 g/mol. The molecule has 0 aromatic heterocycles. The Bertz CT molecular complexity index is 838. The highest BCUT2D eigenvalue weighted by Gasteiger charge is 2.21. The third-order valence-corrected chi connectivity index (χ3v) is 4.87. The van der Waals surface area contributed by atoms with E-state index in [0.717, 1.165) is 24.6 Å². The van der Waals surface area contributed by atoms with E-state index in [-0.39, 0.29) is 11.3 Å². The van der Waals surface area contributed by atoms with E-state index in [4.69, 9.17) is 4.99 Å². The van der Waals surface area contributed by atoms with Crippen molar-refractivity contribution in [3.05, 3.63) is 70.8 Å². The number of aliphatic imine (C=N–C) groups is 1. The molecule has 0 atom stereocenters. The van der Waals surface area contributed by atoms with Crippen molar-refractivity contribution in [3.63, 3.8) is 0 Å². The average Bonchev–Trinajstić information content (AvgIpc) is 2.70. The van der Waals surface area contributed by atoms with E-state index in [2.05, 4.69) is 62.6 Å². The molecule has 0 saturated carbocycles. The fourth-order valence-electron chi connectivity index (χ4n) is 3.00. The molecule has 0 bridgehead atoms. The zero-order valence-electron chi connectivity index (χ0n) is 18.5. The van der Waals surface area contributed by atoms with Gasteiger partial charge in [-0.05, 0) is 37.1 Å². The second-order valence-corrected chi connectivity index (χ2v) is 8.20. The quantitative estimate of drug-likeness (QED) is 0.556. The van der Waals surface area contributed by atoms with Crippen molar-refractivity contribution in [2.75, 3.05) is 27.2 Å². The molecular weight excluding hydrogens is 360 g/mol. The van der Waals surface area contributed by atoms with Crippen LogP contribution in [-0.2, 0) is 12.0 Å². The van der Waals surface area contributed by atoms with Crippen LogP contribution in [0.1, 0.15) is 47.8 Å². The van der Waals surface area contributed by atoms with Gasteiger partial charge in [-0.25, -0.2) is 4.99 Å². The van der Waals surface area contributed by atoms with Gasteiger partial charge in [0.25, 0.3) is 5.91 Å². The molecule has 0 spiro atoms. The van der Waals surface area contributed by atoms with E-state index in [9.17, 15) is 4.79 Å². The second-order valence-electron chi connectivity index (χ2n) is 8.20. The molecule has 2 aromatic rings. The van der Waals surface area contributed by atoms with Crippen LogP contribution in [0.2, 0.25) is 0 Å². The maximum Gasteiger partial charge on any atom is 0.253 e. The first-order valence-electron chi connectivity index (χ1n) is 10.1. The molecule has 2 aromatic carbocycles. The zero-order valence-corrected chi connectivity index (χ0v) is 18.5. The molecule has 0 heterocycles. The highest BCUT2D eigenvalue weighted by molar-refractivity contribution is 5.93. The first-order valence-corrected chi connectivity index (χ1v) is 10.1. The second kappa shape index (κ2) is 10.1. The molecule has 0 unspecified atom stereocenters. The number of carbonyl (C=O) groups is 1. The topological polar surface area (TPSA) is 56.7 Å². The van der Waals surface area contributed by atoms with Gasteiger partial charge in [0.1, 0.15) is 0 Å².